The number of thiocarbonyl (C=S) groups is 1. The largest absolute Gasteiger partial charge is 0.481 e. The van der Waals surface area contributed by atoms with E-state index >= 15 is 0 Å². The summed E-state index contributed by atoms with van der Waals surface area (Å²) < 4.78 is 0. The second-order valence-corrected chi connectivity index (χ2v) is 7.86. The van der Waals surface area contributed by atoms with Gasteiger partial charge >= 0.3 is 5.97 Å². The Kier molecular flexibility index (Phi) is 6.79. The molecule has 0 saturated carbocycles. The molecule has 1 atom stereocenters. The van der Waals surface area contributed by atoms with Gasteiger partial charge in [0.2, 0.25) is 5.95 Å². The minimum absolute atomic E-state index is 0.181. The Morgan fingerprint density at radius 1 is 1.29 bits per heavy atom. The van der Waals surface area contributed by atoms with Gasteiger partial charge in [0.05, 0.1) is 23.0 Å². The van der Waals surface area contributed by atoms with Crippen LogP contribution < -0.4 is 10.6 Å². The molecular formula is C18H14Cl2N4O2S2. The number of hydrogen-bond acceptors (Lipinski definition) is 5. The van der Waals surface area contributed by atoms with E-state index in [9.17, 15) is 9.90 Å². The number of halogens is 2. The summed E-state index contributed by atoms with van der Waals surface area (Å²) in [5.41, 5.74) is 1.34. The van der Waals surface area contributed by atoms with Crippen molar-refractivity contribution in [2.75, 3.05) is 5.32 Å². The molecule has 6 nitrogen and oxygen atoms in total. The highest BCUT2D eigenvalue weighted by Gasteiger charge is 2.20. The molecule has 3 N–H and O–H groups in total. The average Bonchev–Trinajstić information content (AvgIpc) is 3.15. The third kappa shape index (κ3) is 5.39. The highest BCUT2D eigenvalue weighted by Crippen LogP contribution is 2.28. The van der Waals surface area contributed by atoms with Crippen LogP contribution in [0, 0.1) is 0 Å². The van der Waals surface area contributed by atoms with Gasteiger partial charge in [-0.05, 0) is 47.4 Å². The number of hydrogen-bond donors (Lipinski definition) is 3. The summed E-state index contributed by atoms with van der Waals surface area (Å²) in [4.78, 5) is 20.9. The smallest absolute Gasteiger partial charge is 0.305 e. The molecule has 0 radical (unpaired) electrons. The van der Waals surface area contributed by atoms with E-state index in [2.05, 4.69) is 20.6 Å². The van der Waals surface area contributed by atoms with Crippen LogP contribution in [0.2, 0.25) is 10.0 Å². The van der Waals surface area contributed by atoms with Gasteiger partial charge in [-0.15, -0.1) is 11.3 Å². The Hall–Kier alpha value is -2.26. The van der Waals surface area contributed by atoms with E-state index in [1.165, 1.54) is 0 Å². The number of rotatable bonds is 6. The number of nitrogens with zero attached hydrogens (tertiary/aromatic N) is 2. The Morgan fingerprint density at radius 2 is 2.11 bits per heavy atom. The molecule has 2 aromatic heterocycles. The topological polar surface area (TPSA) is 87.1 Å². The van der Waals surface area contributed by atoms with E-state index in [0.717, 1.165) is 10.6 Å². The molecule has 3 aromatic rings. The van der Waals surface area contributed by atoms with Crippen molar-refractivity contribution in [1.82, 2.24) is 15.3 Å². The molecule has 0 aliphatic rings. The first-order valence-electron chi connectivity index (χ1n) is 8.03. The molecule has 1 aromatic carbocycles. The van der Waals surface area contributed by atoms with Crippen LogP contribution in [0.15, 0.2) is 48.0 Å². The van der Waals surface area contributed by atoms with Gasteiger partial charge in [-0.25, -0.2) is 9.97 Å². The normalized spacial score (nSPS) is 11.6. The van der Waals surface area contributed by atoms with Gasteiger partial charge in [-0.3, -0.25) is 4.79 Å². The molecule has 2 heterocycles. The third-order valence-electron chi connectivity index (χ3n) is 3.68. The first-order chi connectivity index (χ1) is 13.4. The zero-order valence-corrected chi connectivity index (χ0v) is 17.4. The van der Waals surface area contributed by atoms with Crippen molar-refractivity contribution in [3.63, 3.8) is 0 Å². The fourth-order valence-corrected chi connectivity index (χ4v) is 3.94. The minimum Gasteiger partial charge on any atom is -0.481 e. The molecule has 0 spiro atoms. The van der Waals surface area contributed by atoms with Crippen molar-refractivity contribution in [3.8, 4) is 10.6 Å². The van der Waals surface area contributed by atoms with E-state index < -0.39 is 12.0 Å². The molecular weight excluding hydrogens is 439 g/mol. The molecule has 10 heteroatoms. The van der Waals surface area contributed by atoms with Crippen LogP contribution in [-0.2, 0) is 4.79 Å². The second kappa shape index (κ2) is 9.29. The van der Waals surface area contributed by atoms with E-state index in [-0.39, 0.29) is 11.5 Å². The standard InChI is InChI=1S/C18H14Cl2N4O2S2/c19-10-3-4-11(12(20)8-10)14(9-16(25)26)23-18(27)24-17-21-6-5-13(22-17)15-2-1-7-28-15/h1-8,14H,9H2,(H,25,26)(H2,21,22,23,24,27). The molecule has 3 rings (SSSR count). The Balaban J connectivity index is 1.75. The third-order valence-corrected chi connectivity index (χ3v) is 5.35. The van der Waals surface area contributed by atoms with Gasteiger partial charge in [-0.2, -0.15) is 0 Å². The molecule has 0 amide bonds. The predicted molar refractivity (Wildman–Crippen MR) is 116 cm³/mol. The van der Waals surface area contributed by atoms with Crippen molar-refractivity contribution < 1.29 is 9.90 Å². The van der Waals surface area contributed by atoms with Gasteiger partial charge in [0.25, 0.3) is 0 Å². The van der Waals surface area contributed by atoms with Crippen molar-refractivity contribution in [3.05, 3.63) is 63.6 Å². The number of carboxylic acids is 1. The van der Waals surface area contributed by atoms with E-state index in [1.54, 1.807) is 41.8 Å². The minimum atomic E-state index is -0.998. The Bertz CT molecular complexity index is 999. The first kappa shape index (κ1) is 20.5. The Labute approximate surface area is 180 Å². The van der Waals surface area contributed by atoms with E-state index in [4.69, 9.17) is 35.4 Å². The highest BCUT2D eigenvalue weighted by molar-refractivity contribution is 7.80. The number of anilines is 1. The van der Waals surface area contributed by atoms with Crippen LogP contribution in [0.5, 0.6) is 0 Å². The maximum atomic E-state index is 11.3. The van der Waals surface area contributed by atoms with Crippen LogP contribution in [0.3, 0.4) is 0 Å². The van der Waals surface area contributed by atoms with Gasteiger partial charge in [0, 0.05) is 16.2 Å². The molecule has 0 aliphatic heterocycles. The van der Waals surface area contributed by atoms with Crippen molar-refractivity contribution in [2.45, 2.75) is 12.5 Å². The number of nitrogens with one attached hydrogen (secondary N) is 2. The van der Waals surface area contributed by atoms with Crippen LogP contribution in [0.1, 0.15) is 18.0 Å². The van der Waals surface area contributed by atoms with Crippen LogP contribution in [-0.4, -0.2) is 26.2 Å². The molecule has 0 aliphatic carbocycles. The maximum absolute atomic E-state index is 11.3. The summed E-state index contributed by atoms with van der Waals surface area (Å²) in [6.07, 6.45) is 1.40. The van der Waals surface area contributed by atoms with E-state index in [0.29, 0.717) is 21.6 Å². The van der Waals surface area contributed by atoms with Gasteiger partial charge in [0.1, 0.15) is 0 Å². The number of carbonyl (C=O) groups is 1. The lowest BCUT2D eigenvalue weighted by Crippen LogP contribution is -2.34. The summed E-state index contributed by atoms with van der Waals surface area (Å²) in [5, 5.41) is 18.0. The zero-order valence-electron chi connectivity index (χ0n) is 14.2. The lowest BCUT2D eigenvalue weighted by atomic mass is 10.0. The van der Waals surface area contributed by atoms with Gasteiger partial charge < -0.3 is 15.7 Å². The Morgan fingerprint density at radius 3 is 2.79 bits per heavy atom. The summed E-state index contributed by atoms with van der Waals surface area (Å²) in [7, 11) is 0. The molecule has 0 bridgehead atoms. The van der Waals surface area contributed by atoms with Crippen LogP contribution >= 0.6 is 46.8 Å². The van der Waals surface area contributed by atoms with Crippen molar-refractivity contribution in [1.29, 1.82) is 0 Å². The molecule has 28 heavy (non-hydrogen) atoms. The number of thiophene rings is 1. The van der Waals surface area contributed by atoms with Crippen molar-refractivity contribution in [2.24, 2.45) is 0 Å². The number of aliphatic carboxylic acids is 1. The lowest BCUT2D eigenvalue weighted by Gasteiger charge is -2.20. The summed E-state index contributed by atoms with van der Waals surface area (Å²) >= 11 is 19.0. The summed E-state index contributed by atoms with van der Waals surface area (Å²) in [6.45, 7) is 0. The maximum Gasteiger partial charge on any atom is 0.305 e. The monoisotopic (exact) mass is 452 g/mol. The quantitative estimate of drug-likeness (QED) is 0.452. The second-order valence-electron chi connectivity index (χ2n) is 5.66. The van der Waals surface area contributed by atoms with Gasteiger partial charge in [0.15, 0.2) is 5.11 Å². The molecule has 1 unspecified atom stereocenters. The number of carboxylic acid groups (broad SMARTS) is 1. The summed E-state index contributed by atoms with van der Waals surface area (Å²) in [5.74, 6) is -0.693. The molecule has 0 fully saturated rings. The average molecular weight is 453 g/mol. The lowest BCUT2D eigenvalue weighted by molar-refractivity contribution is -0.137. The molecule has 0 saturated heterocycles. The number of benzene rings is 1. The van der Waals surface area contributed by atoms with Crippen molar-refractivity contribution >= 4 is 63.8 Å². The SMILES string of the molecule is O=C(O)CC(NC(=S)Nc1nccc(-c2cccs2)n1)c1ccc(Cl)cc1Cl. The first-order valence-corrected chi connectivity index (χ1v) is 10.1. The van der Waals surface area contributed by atoms with Gasteiger partial charge in [-0.1, -0.05) is 35.3 Å². The highest BCUT2D eigenvalue weighted by atomic mass is 35.5. The fraction of sp³-hybridized carbons (Fsp3) is 0.111. The zero-order chi connectivity index (χ0) is 20.1. The van der Waals surface area contributed by atoms with Crippen LogP contribution in [0.4, 0.5) is 5.95 Å². The van der Waals surface area contributed by atoms with E-state index in [1.807, 2.05) is 17.5 Å². The molecule has 144 valence electrons. The van der Waals surface area contributed by atoms with Crippen LogP contribution in [0.25, 0.3) is 10.6 Å². The number of aromatic nitrogens is 2. The fourth-order valence-electron chi connectivity index (χ4n) is 2.47. The summed E-state index contributed by atoms with van der Waals surface area (Å²) in [6, 6.07) is 9.91. The predicted octanol–water partition coefficient (Wildman–Crippen LogP) is 5.01.